The Morgan fingerprint density at radius 2 is 1.04 bits per heavy atom. The van der Waals surface area contributed by atoms with Crippen LogP contribution in [0.15, 0.2) is 154 Å². The molecule has 2 aromatic carbocycles. The van der Waals surface area contributed by atoms with E-state index in [9.17, 15) is 38.4 Å². The van der Waals surface area contributed by atoms with Crippen molar-refractivity contribution in [2.24, 2.45) is 21.1 Å². The number of aryl methyl sites for hydroxylation is 3. The SMILES string of the molecule is COC(=O)c1c[nH]c(=O)cn1.COC(=O)c1cn(C)c(=O)cn1.Cn1cc(C(=O)Nc2ccc(Cc3cccc(Cl)c3)cn2)ncc1=O.Cn1cc(C(=O)O)ncc1=O.Nc1ccc(Cc2cccc(Cl)c2)cn1. The number of methoxy groups -OCH3 is 2. The van der Waals surface area contributed by atoms with Gasteiger partial charge in [-0.15, -0.1) is 0 Å². The number of H-pyrrole nitrogens is 1. The summed E-state index contributed by atoms with van der Waals surface area (Å²) in [5.74, 6) is -1.72. The largest absolute Gasteiger partial charge is 0.476 e. The summed E-state index contributed by atoms with van der Waals surface area (Å²) in [6.45, 7) is 0. The van der Waals surface area contributed by atoms with Crippen LogP contribution in [-0.4, -0.2) is 91.7 Å². The van der Waals surface area contributed by atoms with E-state index < -0.39 is 23.8 Å². The first-order chi connectivity index (χ1) is 35.2. The highest BCUT2D eigenvalue weighted by Crippen LogP contribution is 2.16. The Morgan fingerprint density at radius 1 is 0.581 bits per heavy atom. The second-order valence-corrected chi connectivity index (χ2v) is 15.8. The van der Waals surface area contributed by atoms with E-state index in [1.165, 1.54) is 67.8 Å². The number of benzene rings is 2. The molecule has 25 heteroatoms. The molecular weight excluding hydrogens is 1000 g/mol. The third-order valence-electron chi connectivity index (χ3n) is 9.35. The van der Waals surface area contributed by atoms with Crippen molar-refractivity contribution in [2.75, 3.05) is 25.3 Å². The van der Waals surface area contributed by atoms with Crippen LogP contribution >= 0.6 is 23.2 Å². The van der Waals surface area contributed by atoms with Crippen molar-refractivity contribution in [1.29, 1.82) is 0 Å². The first-order valence-corrected chi connectivity index (χ1v) is 22.0. The Hall–Kier alpha value is -9.48. The van der Waals surface area contributed by atoms with Crippen LogP contribution in [0.5, 0.6) is 0 Å². The molecule has 0 radical (unpaired) electrons. The lowest BCUT2D eigenvalue weighted by atomic mass is 10.1. The average Bonchev–Trinajstić information content (AvgIpc) is 3.38. The van der Waals surface area contributed by atoms with Gasteiger partial charge < -0.3 is 44.3 Å². The van der Waals surface area contributed by atoms with E-state index >= 15 is 0 Å². The van der Waals surface area contributed by atoms with E-state index in [2.05, 4.69) is 49.7 Å². The lowest BCUT2D eigenvalue weighted by molar-refractivity contribution is 0.0584. The standard InChI is InChI=1S/C18H15ClN4O2.C12H11ClN2.C7H8N2O3.2C6H6N2O3/c1-23-11-15(20-10-17(23)24)18(25)22-16-6-5-13(9-21-16)7-12-3-2-4-14(19)8-12;13-11-3-1-2-9(7-11)6-10-4-5-12(14)15-8-10;1-9-4-5(7(11)12-2)8-3-6(9)10;1-8-3-4(6(10)11)7-2-5(8)9;1-11-6(10)4-2-8-5(9)3-7-4/h2-6,8-11H,7H2,1H3,(H,21,22,25);1-5,7-8H,6H2,(H2,14,15);3-4H,1-2H3;2-3H,1H3,(H,10,11);2-3H,1H3,(H,8,9). The maximum Gasteiger partial charge on any atom is 0.358 e. The Labute approximate surface area is 430 Å². The number of hydrogen-bond acceptors (Lipinski definition) is 17. The van der Waals surface area contributed by atoms with Crippen molar-refractivity contribution in [2.45, 2.75) is 12.8 Å². The fourth-order valence-corrected chi connectivity index (χ4v) is 6.00. The number of amides is 1. The van der Waals surface area contributed by atoms with Crippen LogP contribution < -0.4 is 33.3 Å². The van der Waals surface area contributed by atoms with E-state index in [1.807, 2.05) is 60.7 Å². The van der Waals surface area contributed by atoms with Crippen molar-refractivity contribution < 1.29 is 33.8 Å². The number of nitrogens with zero attached hydrogens (tertiary/aromatic N) is 9. The van der Waals surface area contributed by atoms with Crippen LogP contribution in [0.2, 0.25) is 10.0 Å². The van der Waals surface area contributed by atoms with Gasteiger partial charge in [-0.3, -0.25) is 24.0 Å². The molecule has 1 amide bonds. The molecule has 382 valence electrons. The monoisotopic (exact) mass is 1050 g/mol. The summed E-state index contributed by atoms with van der Waals surface area (Å²) < 4.78 is 12.5. The number of carbonyl (C=O) groups is 4. The number of pyridine rings is 2. The summed E-state index contributed by atoms with van der Waals surface area (Å²) >= 11 is 11.9. The minimum atomic E-state index is -1.14. The number of nitrogens with one attached hydrogen (secondary N) is 2. The molecule has 0 saturated heterocycles. The molecule has 0 spiro atoms. The average molecular weight is 1050 g/mol. The van der Waals surface area contributed by atoms with E-state index in [0.29, 0.717) is 23.1 Å². The molecule has 0 aliphatic carbocycles. The number of carboxylic acids is 1. The summed E-state index contributed by atoms with van der Waals surface area (Å²) in [6, 6.07) is 22.8. The Balaban J connectivity index is 0.000000210. The second kappa shape index (κ2) is 28.4. The minimum absolute atomic E-state index is 0.0899. The van der Waals surface area contributed by atoms with Crippen molar-refractivity contribution in [3.8, 4) is 0 Å². The molecule has 0 saturated carbocycles. The number of carboxylic acid groups (broad SMARTS) is 1. The summed E-state index contributed by atoms with van der Waals surface area (Å²) in [5.41, 5.74) is 8.92. The Bertz CT molecular complexity index is 3440. The number of nitrogen functional groups attached to an aromatic ring is 1. The van der Waals surface area contributed by atoms with Crippen LogP contribution in [-0.2, 0) is 43.5 Å². The van der Waals surface area contributed by atoms with Crippen molar-refractivity contribution in [3.63, 3.8) is 0 Å². The van der Waals surface area contributed by atoms with Gasteiger partial charge in [-0.25, -0.2) is 44.3 Å². The molecule has 8 rings (SSSR count). The molecule has 0 aliphatic rings. The van der Waals surface area contributed by atoms with Crippen LogP contribution in [0.1, 0.15) is 64.2 Å². The zero-order chi connectivity index (χ0) is 54.3. The molecule has 23 nitrogen and oxygen atoms in total. The third kappa shape index (κ3) is 19.0. The van der Waals surface area contributed by atoms with Crippen molar-refractivity contribution in [1.82, 2.24) is 48.6 Å². The van der Waals surface area contributed by atoms with Crippen LogP contribution in [0.3, 0.4) is 0 Å². The molecule has 6 aromatic heterocycles. The van der Waals surface area contributed by atoms with Gasteiger partial charge in [-0.05, 0) is 71.5 Å². The van der Waals surface area contributed by atoms with Gasteiger partial charge in [0, 0.05) is 68.4 Å². The van der Waals surface area contributed by atoms with Crippen molar-refractivity contribution in [3.05, 3.63) is 231 Å². The lowest BCUT2D eigenvalue weighted by Gasteiger charge is -2.06. The molecule has 0 bridgehead atoms. The van der Waals surface area contributed by atoms with Crippen LogP contribution in [0.4, 0.5) is 11.6 Å². The first-order valence-electron chi connectivity index (χ1n) is 21.2. The maximum atomic E-state index is 12.1. The second-order valence-electron chi connectivity index (χ2n) is 15.0. The number of aromatic nitrogens is 10. The predicted molar refractivity (Wildman–Crippen MR) is 272 cm³/mol. The zero-order valence-corrected chi connectivity index (χ0v) is 41.5. The van der Waals surface area contributed by atoms with Crippen LogP contribution in [0, 0.1) is 0 Å². The number of carbonyl (C=O) groups excluding carboxylic acids is 3. The molecule has 0 atom stereocenters. The normalized spacial score (nSPS) is 9.93. The van der Waals surface area contributed by atoms with Gasteiger partial charge in [0.2, 0.25) is 0 Å². The fraction of sp³-hybridized carbons (Fsp3) is 0.143. The zero-order valence-electron chi connectivity index (χ0n) is 40.0. The number of nitrogens with two attached hydrogens (primary N) is 1. The number of ether oxygens (including phenoxy) is 2. The maximum absolute atomic E-state index is 12.1. The fourth-order valence-electron chi connectivity index (χ4n) is 5.57. The van der Waals surface area contributed by atoms with E-state index in [1.54, 1.807) is 31.6 Å². The van der Waals surface area contributed by atoms with E-state index in [4.69, 9.17) is 34.0 Å². The highest BCUT2D eigenvalue weighted by atomic mass is 35.5. The number of anilines is 2. The molecule has 8 aromatic rings. The highest BCUT2D eigenvalue weighted by molar-refractivity contribution is 6.30. The number of hydrogen-bond donors (Lipinski definition) is 4. The predicted octanol–water partition coefficient (Wildman–Crippen LogP) is 4.18. The summed E-state index contributed by atoms with van der Waals surface area (Å²) in [7, 11) is 7.07. The van der Waals surface area contributed by atoms with Crippen molar-refractivity contribution >= 4 is 58.7 Å². The smallest absolute Gasteiger partial charge is 0.358 e. The topological polar surface area (TPSA) is 321 Å². The third-order valence-corrected chi connectivity index (χ3v) is 9.82. The van der Waals surface area contributed by atoms with E-state index in [0.717, 1.165) is 57.5 Å². The summed E-state index contributed by atoms with van der Waals surface area (Å²) in [4.78, 5) is 112. The number of aromatic carboxylic acids is 1. The number of aromatic amines is 1. The number of halogens is 2. The van der Waals surface area contributed by atoms with Gasteiger partial charge in [0.15, 0.2) is 17.1 Å². The van der Waals surface area contributed by atoms with Crippen LogP contribution in [0.25, 0.3) is 0 Å². The first kappa shape index (κ1) is 57.1. The van der Waals surface area contributed by atoms with Gasteiger partial charge in [-0.1, -0.05) is 59.6 Å². The molecule has 0 aliphatic heterocycles. The van der Waals surface area contributed by atoms with Gasteiger partial charge >= 0.3 is 17.9 Å². The molecule has 5 N–H and O–H groups in total. The van der Waals surface area contributed by atoms with Gasteiger partial charge in [0.1, 0.15) is 17.3 Å². The minimum Gasteiger partial charge on any atom is -0.476 e. The summed E-state index contributed by atoms with van der Waals surface area (Å²) in [5, 5.41) is 12.5. The lowest BCUT2D eigenvalue weighted by Crippen LogP contribution is -2.22. The Morgan fingerprint density at radius 3 is 1.47 bits per heavy atom. The van der Waals surface area contributed by atoms with Gasteiger partial charge in [-0.2, -0.15) is 0 Å². The molecule has 6 heterocycles. The molecular formula is C49H46Cl2N12O11. The van der Waals surface area contributed by atoms with E-state index in [-0.39, 0.29) is 45.0 Å². The number of rotatable bonds is 9. The molecule has 74 heavy (non-hydrogen) atoms. The molecule has 0 fully saturated rings. The number of esters is 2. The van der Waals surface area contributed by atoms with Gasteiger partial charge in [0.25, 0.3) is 28.1 Å². The summed E-state index contributed by atoms with van der Waals surface area (Å²) in [6.07, 6.45) is 14.3. The quantitative estimate of drug-likeness (QED) is 0.147. The highest BCUT2D eigenvalue weighted by Gasteiger charge is 2.11. The molecule has 0 unspecified atom stereocenters. The van der Waals surface area contributed by atoms with Gasteiger partial charge in [0.05, 0.1) is 39.0 Å². The Kier molecular flexibility index (Phi) is 21.9.